The lowest BCUT2D eigenvalue weighted by molar-refractivity contribution is -0.137. The van der Waals surface area contributed by atoms with Gasteiger partial charge in [-0.1, -0.05) is 31.4 Å². The van der Waals surface area contributed by atoms with Gasteiger partial charge < -0.3 is 5.32 Å². The first kappa shape index (κ1) is 16.3. The van der Waals surface area contributed by atoms with Crippen molar-refractivity contribution < 1.29 is 13.2 Å². The Morgan fingerprint density at radius 1 is 1.00 bits per heavy atom. The van der Waals surface area contributed by atoms with Crippen LogP contribution in [-0.2, 0) is 6.18 Å². The lowest BCUT2D eigenvalue weighted by Crippen LogP contribution is -2.36. The van der Waals surface area contributed by atoms with Crippen molar-refractivity contribution in [3.05, 3.63) is 35.4 Å². The number of hydrogen-bond acceptors (Lipinski definition) is 1. The Morgan fingerprint density at radius 2 is 1.57 bits per heavy atom. The van der Waals surface area contributed by atoms with Crippen LogP contribution in [0.15, 0.2) is 24.3 Å². The van der Waals surface area contributed by atoms with Gasteiger partial charge in [-0.25, -0.2) is 0 Å². The van der Waals surface area contributed by atoms with Crippen LogP contribution >= 0.6 is 0 Å². The maximum atomic E-state index is 12.6. The third-order valence-corrected chi connectivity index (χ3v) is 4.61. The molecule has 0 bridgehead atoms. The van der Waals surface area contributed by atoms with Crippen LogP contribution in [0.1, 0.15) is 63.1 Å². The van der Waals surface area contributed by atoms with Crippen LogP contribution in [0, 0.1) is 5.92 Å². The number of rotatable bonds is 4. The summed E-state index contributed by atoms with van der Waals surface area (Å²) in [6.07, 6.45) is 2.18. The highest BCUT2D eigenvalue weighted by atomic mass is 19.4. The van der Waals surface area contributed by atoms with E-state index < -0.39 is 11.7 Å². The van der Waals surface area contributed by atoms with Gasteiger partial charge in [-0.15, -0.1) is 0 Å². The van der Waals surface area contributed by atoms with Gasteiger partial charge in [0.05, 0.1) is 5.56 Å². The second-order valence-electron chi connectivity index (χ2n) is 6.19. The van der Waals surface area contributed by atoms with E-state index in [2.05, 4.69) is 12.2 Å². The van der Waals surface area contributed by atoms with Crippen molar-refractivity contribution in [3.63, 3.8) is 0 Å². The van der Waals surface area contributed by atoms with E-state index in [0.717, 1.165) is 5.56 Å². The van der Waals surface area contributed by atoms with Crippen LogP contribution in [0.5, 0.6) is 0 Å². The Hall–Kier alpha value is -1.03. The lowest BCUT2D eigenvalue weighted by Gasteiger charge is -2.31. The summed E-state index contributed by atoms with van der Waals surface area (Å²) >= 11 is 0. The molecule has 1 fully saturated rings. The maximum Gasteiger partial charge on any atom is 0.416 e. The highest BCUT2D eigenvalue weighted by Gasteiger charge is 2.30. The zero-order chi connectivity index (χ0) is 15.5. The molecule has 1 aromatic rings. The molecule has 1 unspecified atom stereocenters. The first-order chi connectivity index (χ1) is 9.88. The van der Waals surface area contributed by atoms with Crippen LogP contribution in [0.4, 0.5) is 13.2 Å². The number of nitrogens with one attached hydrogen (secondary N) is 1. The minimum Gasteiger partial charge on any atom is -0.307 e. The SMILES string of the molecule is CC(N[C@H](C)C1CCCCC1)c1ccc(C(F)(F)F)cc1. The van der Waals surface area contributed by atoms with Gasteiger partial charge in [-0.05, 0) is 50.3 Å². The second kappa shape index (κ2) is 6.82. The van der Waals surface area contributed by atoms with E-state index in [0.29, 0.717) is 12.0 Å². The number of halogens is 3. The van der Waals surface area contributed by atoms with E-state index in [9.17, 15) is 13.2 Å². The molecule has 1 aliphatic carbocycles. The fraction of sp³-hybridized carbons (Fsp3) is 0.647. The van der Waals surface area contributed by atoms with Crippen molar-refractivity contribution in [2.24, 2.45) is 5.92 Å². The molecule has 0 aromatic heterocycles. The predicted octanol–water partition coefficient (Wildman–Crippen LogP) is 5.32. The van der Waals surface area contributed by atoms with Crippen molar-refractivity contribution >= 4 is 0 Å². The van der Waals surface area contributed by atoms with Crippen LogP contribution < -0.4 is 5.32 Å². The predicted molar refractivity (Wildman–Crippen MR) is 79.0 cm³/mol. The summed E-state index contributed by atoms with van der Waals surface area (Å²) < 4.78 is 37.7. The van der Waals surface area contributed by atoms with Crippen molar-refractivity contribution in [1.82, 2.24) is 5.32 Å². The van der Waals surface area contributed by atoms with Crippen LogP contribution in [0.3, 0.4) is 0 Å². The van der Waals surface area contributed by atoms with Gasteiger partial charge in [0.1, 0.15) is 0 Å². The topological polar surface area (TPSA) is 12.0 Å². The fourth-order valence-electron chi connectivity index (χ4n) is 3.22. The Bertz CT molecular complexity index is 432. The molecule has 0 radical (unpaired) electrons. The summed E-state index contributed by atoms with van der Waals surface area (Å²) in [5.41, 5.74) is 0.324. The van der Waals surface area contributed by atoms with Crippen LogP contribution in [0.25, 0.3) is 0 Å². The van der Waals surface area contributed by atoms with Gasteiger partial charge in [0.15, 0.2) is 0 Å². The second-order valence-corrected chi connectivity index (χ2v) is 6.19. The molecule has 0 saturated heterocycles. The van der Waals surface area contributed by atoms with E-state index in [1.165, 1.54) is 44.2 Å². The Balaban J connectivity index is 1.94. The molecule has 21 heavy (non-hydrogen) atoms. The van der Waals surface area contributed by atoms with Gasteiger partial charge in [-0.3, -0.25) is 0 Å². The fourth-order valence-corrected chi connectivity index (χ4v) is 3.22. The minimum absolute atomic E-state index is 0.0733. The van der Waals surface area contributed by atoms with Crippen molar-refractivity contribution in [2.75, 3.05) is 0 Å². The van der Waals surface area contributed by atoms with E-state index in [-0.39, 0.29) is 6.04 Å². The quantitative estimate of drug-likeness (QED) is 0.793. The molecule has 0 aliphatic heterocycles. The van der Waals surface area contributed by atoms with Crippen molar-refractivity contribution in [3.8, 4) is 0 Å². The molecule has 1 aliphatic rings. The molecular weight excluding hydrogens is 275 g/mol. The summed E-state index contributed by atoms with van der Waals surface area (Å²) in [5.74, 6) is 0.690. The number of alkyl halides is 3. The van der Waals surface area contributed by atoms with E-state index in [1.807, 2.05) is 6.92 Å². The average molecular weight is 299 g/mol. The van der Waals surface area contributed by atoms with Crippen molar-refractivity contribution in [1.29, 1.82) is 0 Å². The summed E-state index contributed by atoms with van der Waals surface area (Å²) in [7, 11) is 0. The largest absolute Gasteiger partial charge is 0.416 e. The van der Waals surface area contributed by atoms with Gasteiger partial charge in [0, 0.05) is 12.1 Å². The molecule has 0 heterocycles. The Morgan fingerprint density at radius 3 is 2.10 bits per heavy atom. The van der Waals surface area contributed by atoms with Crippen LogP contribution in [0.2, 0.25) is 0 Å². The Labute approximate surface area is 124 Å². The van der Waals surface area contributed by atoms with Gasteiger partial charge in [-0.2, -0.15) is 13.2 Å². The molecule has 4 heteroatoms. The first-order valence-corrected chi connectivity index (χ1v) is 7.81. The summed E-state index contributed by atoms with van der Waals surface area (Å²) in [5, 5.41) is 3.54. The Kier molecular flexibility index (Phi) is 5.31. The summed E-state index contributed by atoms with van der Waals surface area (Å²) in [6.45, 7) is 4.21. The highest BCUT2D eigenvalue weighted by Crippen LogP contribution is 2.31. The molecule has 0 spiro atoms. The lowest BCUT2D eigenvalue weighted by atomic mass is 9.84. The average Bonchev–Trinajstić information content (AvgIpc) is 2.47. The maximum absolute atomic E-state index is 12.6. The van der Waals surface area contributed by atoms with Gasteiger partial charge >= 0.3 is 6.18 Å². The molecule has 2 rings (SSSR count). The molecule has 2 atom stereocenters. The third kappa shape index (κ3) is 4.47. The third-order valence-electron chi connectivity index (χ3n) is 4.61. The molecule has 1 N–H and O–H groups in total. The molecule has 1 saturated carbocycles. The van der Waals surface area contributed by atoms with Crippen LogP contribution in [-0.4, -0.2) is 6.04 Å². The smallest absolute Gasteiger partial charge is 0.307 e. The molecule has 1 aromatic carbocycles. The zero-order valence-electron chi connectivity index (χ0n) is 12.7. The number of hydrogen-bond donors (Lipinski definition) is 1. The van der Waals surface area contributed by atoms with E-state index in [1.54, 1.807) is 12.1 Å². The molecule has 118 valence electrons. The zero-order valence-corrected chi connectivity index (χ0v) is 12.7. The van der Waals surface area contributed by atoms with E-state index in [4.69, 9.17) is 0 Å². The monoisotopic (exact) mass is 299 g/mol. The highest BCUT2D eigenvalue weighted by molar-refractivity contribution is 5.26. The molecular formula is C17H24F3N. The first-order valence-electron chi connectivity index (χ1n) is 7.81. The number of benzene rings is 1. The minimum atomic E-state index is -4.26. The normalized spacial score (nSPS) is 20.2. The van der Waals surface area contributed by atoms with Gasteiger partial charge in [0.25, 0.3) is 0 Å². The van der Waals surface area contributed by atoms with E-state index >= 15 is 0 Å². The van der Waals surface area contributed by atoms with Crippen molar-refractivity contribution in [2.45, 2.75) is 64.2 Å². The summed E-state index contributed by atoms with van der Waals surface area (Å²) in [4.78, 5) is 0. The summed E-state index contributed by atoms with van der Waals surface area (Å²) in [6, 6.07) is 5.96. The molecule has 1 nitrogen and oxygen atoms in total. The standard InChI is InChI=1S/C17H24F3N/c1-12(14-6-4-3-5-7-14)21-13(2)15-8-10-16(11-9-15)17(18,19)20/h8-14,21H,3-7H2,1-2H3/t12-,13?/m1/s1. The van der Waals surface area contributed by atoms with Gasteiger partial charge in [0.2, 0.25) is 0 Å². The molecule has 0 amide bonds.